The van der Waals surface area contributed by atoms with Gasteiger partial charge in [-0.25, -0.2) is 52.0 Å². The molecule has 70 heavy (non-hydrogen) atoms. The Morgan fingerprint density at radius 2 is 1.06 bits per heavy atom. The third-order valence-corrected chi connectivity index (χ3v) is 12.3. The van der Waals surface area contributed by atoms with Gasteiger partial charge in [0, 0.05) is 11.9 Å². The van der Waals surface area contributed by atoms with Crippen molar-refractivity contribution in [1.82, 2.24) is 15.0 Å². The van der Waals surface area contributed by atoms with Crippen LogP contribution in [0.3, 0.4) is 0 Å². The molecule has 0 spiro atoms. The Balaban J connectivity index is 0.000000348. The number of hydrogen-bond donors (Lipinski definition) is 2. The van der Waals surface area contributed by atoms with E-state index in [9.17, 15) is 0 Å². The van der Waals surface area contributed by atoms with Gasteiger partial charge in [0.15, 0.2) is 0 Å². The predicted octanol–water partition coefficient (Wildman–Crippen LogP) is -4.82. The quantitative estimate of drug-likeness (QED) is 0.0374. The van der Waals surface area contributed by atoms with E-state index in [0.29, 0.717) is 0 Å². The van der Waals surface area contributed by atoms with Crippen LogP contribution in [0.25, 0.3) is 41.4 Å². The molecule has 318 valence electrons. The van der Waals surface area contributed by atoms with Gasteiger partial charge in [0.05, 0.1) is 30.6 Å². The van der Waals surface area contributed by atoms with Gasteiger partial charge in [0.25, 0.3) is 0 Å². The Hall–Kier alpha value is 2.70. The van der Waals surface area contributed by atoms with Gasteiger partial charge in [-0.2, -0.15) is 0 Å². The summed E-state index contributed by atoms with van der Waals surface area (Å²) in [5.41, 5.74) is 11.6. The van der Waals surface area contributed by atoms with Gasteiger partial charge in [-0.1, -0.05) is 133 Å². The van der Waals surface area contributed by atoms with E-state index in [1.54, 1.807) is 58.6 Å². The van der Waals surface area contributed by atoms with E-state index < -0.39 is 0 Å². The number of fused-ring (bicyclic) bond motifs is 5. The number of anilines is 3. The summed E-state index contributed by atoms with van der Waals surface area (Å²) in [6.07, 6.45) is 10.1. The number of aromatic nitrogens is 3. The van der Waals surface area contributed by atoms with Crippen molar-refractivity contribution < 1.29 is 308 Å². The van der Waals surface area contributed by atoms with Crippen LogP contribution in [0, 0.1) is 36.4 Å². The zero-order valence-corrected chi connectivity index (χ0v) is 62.1. The number of para-hydroxylation sites is 2. The van der Waals surface area contributed by atoms with Crippen molar-refractivity contribution in [1.29, 1.82) is 0 Å². The van der Waals surface area contributed by atoms with E-state index in [4.69, 9.17) is 4.98 Å². The van der Waals surface area contributed by atoms with E-state index in [1.807, 2.05) is 108 Å². The van der Waals surface area contributed by atoms with Crippen LogP contribution in [0.5, 0.6) is 0 Å². The summed E-state index contributed by atoms with van der Waals surface area (Å²) in [7, 11) is 0. The standard InChI is InChI=1S/C20H21N3S.C18H11N3S.C14H9N3S.6K/c1-2-3-4-10-15-23(21-16-17-11-6-5-7-12-17)20-22-18-13-8-9-14-19(18)24-20;1-2-6-13(7-3-1)12-19-21-18-20-17-15-9-5-4-8-14(15)10-11-16(17)22-18;1-2-6-11(7-3-1)10-15-17-14-16-12-8-4-5-9-13(12)18-14;;;;;;/h5-6,8-9,12-14,16H,2-4,10,15H2,1H3;1-2,4-5,7-12H,(H,20,21);1-2,4-5,7-10H,(H,16,17);;;;;;/q3*-2;6*+1/b21-16+;19-12+;15-10+;;;;;;. The maximum absolute atomic E-state index is 4.74. The van der Waals surface area contributed by atoms with Gasteiger partial charge in [-0.15, -0.1) is 0 Å². The summed E-state index contributed by atoms with van der Waals surface area (Å²) in [5.74, 6) is 0. The number of benzene rings is 7. The zero-order chi connectivity index (χ0) is 43.6. The maximum Gasteiger partial charge on any atom is 1.00 e. The molecule has 0 atom stereocenters. The summed E-state index contributed by atoms with van der Waals surface area (Å²) >= 11 is 4.86. The maximum atomic E-state index is 4.74. The number of unbranched alkanes of at least 4 members (excludes halogenated alkanes) is 3. The van der Waals surface area contributed by atoms with E-state index in [2.05, 4.69) is 110 Å². The number of thiazole rings is 3. The molecular weight excluding hydrogens is 1080 g/mol. The van der Waals surface area contributed by atoms with E-state index in [-0.39, 0.29) is 308 Å². The molecular formula is C52H41K6N9S3. The summed E-state index contributed by atoms with van der Waals surface area (Å²) in [4.78, 5) is 13.8. The molecule has 0 saturated carbocycles. The van der Waals surface area contributed by atoms with Gasteiger partial charge in [-0.3, -0.25) is 102 Å². The largest absolute Gasteiger partial charge is 1.00 e. The number of nitrogens with one attached hydrogen (secondary N) is 2. The second-order valence-electron chi connectivity index (χ2n) is 14.0. The zero-order valence-electron chi connectivity index (χ0n) is 40.9. The number of hydrogen-bond acceptors (Lipinski definition) is 12. The van der Waals surface area contributed by atoms with Crippen LogP contribution in [0.4, 0.5) is 15.4 Å². The average Bonchev–Trinajstić information content (AvgIpc) is 4.10. The summed E-state index contributed by atoms with van der Waals surface area (Å²) in [6.45, 7) is 3.11. The van der Waals surface area contributed by atoms with Crippen molar-refractivity contribution in [2.75, 3.05) is 22.4 Å². The monoisotopic (exact) mass is 1120 g/mol. The van der Waals surface area contributed by atoms with Gasteiger partial charge in [-0.05, 0) is 42.1 Å². The van der Waals surface area contributed by atoms with Crippen molar-refractivity contribution in [2.45, 2.75) is 32.6 Å². The summed E-state index contributed by atoms with van der Waals surface area (Å²) in [5, 5.41) is 19.9. The minimum Gasteiger partial charge on any atom is -0.286 e. The molecule has 3 aromatic heterocycles. The van der Waals surface area contributed by atoms with E-state index in [0.717, 1.165) is 71.0 Å². The van der Waals surface area contributed by atoms with Crippen LogP contribution < -0.4 is 324 Å². The Morgan fingerprint density at radius 1 is 0.529 bits per heavy atom. The molecule has 18 heteroatoms. The van der Waals surface area contributed by atoms with Crippen LogP contribution in [0.1, 0.15) is 49.3 Å². The first-order valence-corrected chi connectivity index (χ1v) is 23.2. The fourth-order valence-corrected chi connectivity index (χ4v) is 8.85. The molecule has 10 aromatic rings. The van der Waals surface area contributed by atoms with E-state index >= 15 is 0 Å². The Morgan fingerprint density at radius 3 is 1.63 bits per heavy atom. The van der Waals surface area contributed by atoms with Gasteiger partial charge < -0.3 is 0 Å². The third-order valence-electron chi connectivity index (χ3n) is 9.37. The molecule has 0 aliphatic carbocycles. The molecule has 0 unspecified atom stereocenters. The van der Waals surface area contributed by atoms with Crippen LogP contribution in [-0.4, -0.2) is 40.1 Å². The van der Waals surface area contributed by atoms with Crippen LogP contribution >= 0.6 is 34.0 Å². The molecule has 0 radical (unpaired) electrons. The van der Waals surface area contributed by atoms with Gasteiger partial charge in [0.1, 0.15) is 0 Å². The second kappa shape index (κ2) is 39.1. The Bertz CT molecular complexity index is 3030. The SMILES string of the molecule is CCCCCCN(/N=C/c1[c-]cc[c-]c1)c1nc2ccccc2s1.[K+].[K+].[K+].[K+].[K+].[K+].[c-]1cc[c-]c(/C=N/Nc2nc3c(ccc4ccccc43)s2)c1.[c-]1cc[c-]c(/C=N/Nc2nc3ccccc3s2)c1. The third kappa shape index (κ3) is 22.4. The smallest absolute Gasteiger partial charge is 0.286 e. The molecule has 0 bridgehead atoms. The number of hydrazone groups is 3. The number of rotatable bonds is 14. The first-order chi connectivity index (χ1) is 31.7. The molecule has 3 heterocycles. The first-order valence-electron chi connectivity index (χ1n) is 20.7. The predicted molar refractivity (Wildman–Crippen MR) is 270 cm³/mol. The topological polar surface area (TPSA) is 103 Å². The molecule has 0 amide bonds. The average molecular weight is 1120 g/mol. The molecule has 2 N–H and O–H groups in total. The molecule has 7 aromatic carbocycles. The van der Waals surface area contributed by atoms with Crippen molar-refractivity contribution in [3.8, 4) is 0 Å². The normalized spacial score (nSPS) is 10.4. The number of nitrogens with zero attached hydrogens (tertiary/aromatic N) is 7. The summed E-state index contributed by atoms with van der Waals surface area (Å²) in [6, 6.07) is 63.5. The first kappa shape index (κ1) is 68.8. The van der Waals surface area contributed by atoms with Crippen molar-refractivity contribution in [3.05, 3.63) is 193 Å². The molecule has 0 fully saturated rings. The van der Waals surface area contributed by atoms with Gasteiger partial charge in [0.2, 0.25) is 15.4 Å². The van der Waals surface area contributed by atoms with E-state index in [1.165, 1.54) is 34.7 Å². The minimum absolute atomic E-state index is 0. The Labute approximate surface area is 678 Å². The molecule has 9 nitrogen and oxygen atoms in total. The van der Waals surface area contributed by atoms with Crippen LogP contribution in [-0.2, 0) is 0 Å². The minimum atomic E-state index is 0. The fourth-order valence-electron chi connectivity index (χ4n) is 6.26. The second-order valence-corrected chi connectivity index (χ2v) is 17.1. The molecule has 0 aliphatic heterocycles. The van der Waals surface area contributed by atoms with Crippen molar-refractivity contribution in [3.63, 3.8) is 0 Å². The molecule has 0 saturated heterocycles. The van der Waals surface area contributed by atoms with Crippen LogP contribution in [0.15, 0.2) is 155 Å². The van der Waals surface area contributed by atoms with Crippen LogP contribution in [0.2, 0.25) is 0 Å². The summed E-state index contributed by atoms with van der Waals surface area (Å²) < 4.78 is 3.49. The van der Waals surface area contributed by atoms with Crippen molar-refractivity contribution >= 4 is 109 Å². The van der Waals surface area contributed by atoms with Crippen molar-refractivity contribution in [2.24, 2.45) is 15.3 Å². The fraction of sp³-hybridized carbons (Fsp3) is 0.115. The molecule has 10 rings (SSSR count). The van der Waals surface area contributed by atoms with Gasteiger partial charge >= 0.3 is 308 Å². The Kier molecular flexibility index (Phi) is 38.5. The molecule has 0 aliphatic rings.